The van der Waals surface area contributed by atoms with Gasteiger partial charge in [-0.1, -0.05) is 78.7 Å². The van der Waals surface area contributed by atoms with Gasteiger partial charge in [0.1, 0.15) is 0 Å². The van der Waals surface area contributed by atoms with Crippen molar-refractivity contribution in [2.75, 3.05) is 0 Å². The summed E-state index contributed by atoms with van der Waals surface area (Å²) in [5.41, 5.74) is 6.36. The highest BCUT2D eigenvalue weighted by Crippen LogP contribution is 2.68. The molecule has 0 nitrogen and oxygen atoms in total. The van der Waals surface area contributed by atoms with Crippen LogP contribution in [0.2, 0.25) is 0 Å². The average molecular weight is 557 g/mol. The molecule has 228 valence electrons. The fourth-order valence-corrected chi connectivity index (χ4v) is 12.0. The predicted molar refractivity (Wildman–Crippen MR) is 177 cm³/mol. The summed E-state index contributed by atoms with van der Waals surface area (Å²) < 4.78 is 0. The van der Waals surface area contributed by atoms with Gasteiger partial charge < -0.3 is 0 Å². The molecule has 0 saturated heterocycles. The van der Waals surface area contributed by atoms with Gasteiger partial charge in [0.05, 0.1) is 0 Å². The number of hydrogen-bond acceptors (Lipinski definition) is 0. The van der Waals surface area contributed by atoms with Crippen LogP contribution in [0.25, 0.3) is 0 Å². The summed E-state index contributed by atoms with van der Waals surface area (Å²) in [4.78, 5) is 0. The summed E-state index contributed by atoms with van der Waals surface area (Å²) in [6.07, 6.45) is 25.0. The van der Waals surface area contributed by atoms with Crippen LogP contribution >= 0.6 is 0 Å². The Balaban J connectivity index is 1.52. The first-order valence-corrected chi connectivity index (χ1v) is 18.3. The molecule has 0 heterocycles. The van der Waals surface area contributed by atoms with Crippen molar-refractivity contribution in [3.05, 3.63) is 47.5 Å². The zero-order valence-electron chi connectivity index (χ0n) is 27.9. The van der Waals surface area contributed by atoms with E-state index < -0.39 is 0 Å². The molecule has 0 N–H and O–H groups in total. The minimum atomic E-state index is 0.332. The van der Waals surface area contributed by atoms with E-state index in [0.717, 1.165) is 47.3 Å². The molecule has 7 atom stereocenters. The molecule has 4 fully saturated rings. The van der Waals surface area contributed by atoms with Crippen LogP contribution < -0.4 is 0 Å². The SMILES string of the molecule is C=CCCC(c1ccc2c(c1)CCCC2)(C1CCCC1)C1C2CC(C(C)(C)C)CCC2C2CCC(C(C)(C)C)CC21. The van der Waals surface area contributed by atoms with E-state index >= 15 is 0 Å². The van der Waals surface area contributed by atoms with E-state index in [1.54, 1.807) is 16.7 Å². The molecule has 4 saturated carbocycles. The summed E-state index contributed by atoms with van der Waals surface area (Å²) >= 11 is 0. The fraction of sp³-hybridized carbons (Fsp3) is 0.805. The number of benzene rings is 1. The molecular weight excluding hydrogens is 492 g/mol. The second-order valence-corrected chi connectivity index (χ2v) is 18.0. The molecule has 1 aromatic rings. The first kappa shape index (κ1) is 30.0. The standard InChI is InChI=1S/C41H64/c1-8-9-24-41(30-16-12-13-17-30,33-19-18-28-14-10-11-15-29(28)25-33)38-36-26-31(39(2,3)4)20-22-34(36)35-23-21-32(27-37(35)38)40(5,6)7/h8,18-19,25,30-32,34-38H,1,9-17,20-24,26-27H2,2-7H3. The number of hydrogen-bond donors (Lipinski definition) is 0. The lowest BCUT2D eigenvalue weighted by atomic mass is 9.51. The molecule has 6 rings (SSSR count). The molecule has 0 spiro atoms. The van der Waals surface area contributed by atoms with Crippen LogP contribution in [0.5, 0.6) is 0 Å². The molecule has 7 unspecified atom stereocenters. The van der Waals surface area contributed by atoms with Crippen molar-refractivity contribution in [3.63, 3.8) is 0 Å². The van der Waals surface area contributed by atoms with Gasteiger partial charge in [-0.25, -0.2) is 0 Å². The number of rotatable bonds is 6. The Hall–Kier alpha value is -1.04. The van der Waals surface area contributed by atoms with Gasteiger partial charge in [-0.05, 0) is 165 Å². The van der Waals surface area contributed by atoms with Crippen LogP contribution in [0, 0.1) is 58.2 Å². The molecule has 0 amide bonds. The Morgan fingerprint density at radius 1 is 0.659 bits per heavy atom. The van der Waals surface area contributed by atoms with E-state index in [-0.39, 0.29) is 0 Å². The molecule has 0 aliphatic heterocycles. The zero-order valence-corrected chi connectivity index (χ0v) is 27.9. The normalized spacial score (nSPS) is 35.8. The quantitative estimate of drug-likeness (QED) is 0.306. The maximum Gasteiger partial charge on any atom is 0.00180 e. The molecule has 0 bridgehead atoms. The first-order valence-electron chi connectivity index (χ1n) is 18.3. The Kier molecular flexibility index (Phi) is 8.39. The van der Waals surface area contributed by atoms with Crippen molar-refractivity contribution in [2.45, 2.75) is 150 Å². The van der Waals surface area contributed by atoms with Crippen LogP contribution in [0.4, 0.5) is 0 Å². The molecule has 41 heavy (non-hydrogen) atoms. The third-order valence-electron chi connectivity index (χ3n) is 14.2. The van der Waals surface area contributed by atoms with E-state index in [9.17, 15) is 0 Å². The summed E-state index contributed by atoms with van der Waals surface area (Å²) in [6, 6.07) is 8.12. The third-order valence-corrected chi connectivity index (χ3v) is 14.2. The summed E-state index contributed by atoms with van der Waals surface area (Å²) in [7, 11) is 0. The second kappa shape index (κ2) is 11.5. The Morgan fingerprint density at radius 3 is 1.76 bits per heavy atom. The minimum absolute atomic E-state index is 0.332. The molecule has 0 aromatic heterocycles. The van der Waals surface area contributed by atoms with Crippen LogP contribution in [0.3, 0.4) is 0 Å². The number of aryl methyl sites for hydroxylation is 2. The molecule has 0 radical (unpaired) electrons. The van der Waals surface area contributed by atoms with E-state index in [2.05, 4.69) is 72.4 Å². The van der Waals surface area contributed by atoms with Crippen LogP contribution in [-0.2, 0) is 18.3 Å². The van der Waals surface area contributed by atoms with Crippen molar-refractivity contribution in [1.82, 2.24) is 0 Å². The van der Waals surface area contributed by atoms with Crippen molar-refractivity contribution in [3.8, 4) is 0 Å². The zero-order chi connectivity index (χ0) is 29.0. The largest absolute Gasteiger partial charge is 0.103 e. The van der Waals surface area contributed by atoms with Gasteiger partial charge in [-0.3, -0.25) is 0 Å². The maximum atomic E-state index is 4.33. The molecule has 5 aliphatic rings. The van der Waals surface area contributed by atoms with Gasteiger partial charge in [-0.15, -0.1) is 6.58 Å². The van der Waals surface area contributed by atoms with Crippen molar-refractivity contribution < 1.29 is 0 Å². The predicted octanol–water partition coefficient (Wildman–Crippen LogP) is 11.7. The van der Waals surface area contributed by atoms with E-state index in [0.29, 0.717) is 16.2 Å². The highest BCUT2D eigenvalue weighted by atomic mass is 14.7. The van der Waals surface area contributed by atoms with Crippen molar-refractivity contribution >= 4 is 0 Å². The topological polar surface area (TPSA) is 0 Å². The molecule has 0 heteroatoms. The maximum absolute atomic E-state index is 4.33. The average Bonchev–Trinajstić information content (AvgIpc) is 3.60. The lowest BCUT2D eigenvalue weighted by Gasteiger charge is -2.53. The minimum Gasteiger partial charge on any atom is -0.103 e. The van der Waals surface area contributed by atoms with Crippen LogP contribution in [0.1, 0.15) is 148 Å². The fourth-order valence-electron chi connectivity index (χ4n) is 12.0. The molecular formula is C41H64. The second-order valence-electron chi connectivity index (χ2n) is 18.0. The van der Waals surface area contributed by atoms with Crippen molar-refractivity contribution in [2.24, 2.45) is 58.2 Å². The van der Waals surface area contributed by atoms with Gasteiger partial charge in [0.2, 0.25) is 0 Å². The Morgan fingerprint density at radius 2 is 1.22 bits per heavy atom. The lowest BCUT2D eigenvalue weighted by molar-refractivity contribution is 0.0207. The molecule has 1 aromatic carbocycles. The third kappa shape index (κ3) is 5.43. The highest BCUT2D eigenvalue weighted by Gasteiger charge is 2.62. The summed E-state index contributed by atoms with van der Waals surface area (Å²) in [6.45, 7) is 19.6. The van der Waals surface area contributed by atoms with Gasteiger partial charge >= 0.3 is 0 Å². The van der Waals surface area contributed by atoms with Crippen LogP contribution in [0.15, 0.2) is 30.9 Å². The number of allylic oxidation sites excluding steroid dienone is 1. The van der Waals surface area contributed by atoms with E-state index in [1.807, 2.05) is 0 Å². The summed E-state index contributed by atoms with van der Waals surface area (Å²) in [5.74, 6) is 7.28. The van der Waals surface area contributed by atoms with Crippen LogP contribution in [-0.4, -0.2) is 0 Å². The first-order chi connectivity index (χ1) is 19.5. The monoisotopic (exact) mass is 557 g/mol. The van der Waals surface area contributed by atoms with Gasteiger partial charge in [0.25, 0.3) is 0 Å². The number of fused-ring (bicyclic) bond motifs is 4. The van der Waals surface area contributed by atoms with Crippen molar-refractivity contribution in [1.29, 1.82) is 0 Å². The summed E-state index contributed by atoms with van der Waals surface area (Å²) in [5, 5.41) is 0. The molecule has 5 aliphatic carbocycles. The smallest absolute Gasteiger partial charge is 0.00180 e. The van der Waals surface area contributed by atoms with Gasteiger partial charge in [0, 0.05) is 5.41 Å². The van der Waals surface area contributed by atoms with E-state index in [4.69, 9.17) is 0 Å². The van der Waals surface area contributed by atoms with Gasteiger partial charge in [-0.2, -0.15) is 0 Å². The Labute approximate surface area is 254 Å². The Bertz CT molecular complexity index is 1020. The highest BCUT2D eigenvalue weighted by molar-refractivity contribution is 5.40. The van der Waals surface area contributed by atoms with E-state index in [1.165, 1.54) is 103 Å². The van der Waals surface area contributed by atoms with Gasteiger partial charge in [0.15, 0.2) is 0 Å². The lowest BCUT2D eigenvalue weighted by Crippen LogP contribution is -2.48.